The predicted molar refractivity (Wildman–Crippen MR) is 69.7 cm³/mol. The zero-order valence-corrected chi connectivity index (χ0v) is 12.2. The van der Waals surface area contributed by atoms with Crippen LogP contribution in [0.25, 0.3) is 0 Å². The zero-order chi connectivity index (χ0) is 14.3. The predicted octanol–water partition coefficient (Wildman–Crippen LogP) is -0.258. The Morgan fingerprint density at radius 3 is 2.84 bits per heavy atom. The number of carbonyl (C=O) groups is 1. The lowest BCUT2D eigenvalue weighted by Gasteiger charge is -2.30. The Bertz CT molecular complexity index is 385. The van der Waals surface area contributed by atoms with E-state index in [-0.39, 0.29) is 25.0 Å². The van der Waals surface area contributed by atoms with Gasteiger partial charge in [-0.2, -0.15) is 17.4 Å². The Hall–Kier alpha value is -0.700. The number of esters is 1. The number of methoxy groups -OCH3 is 1. The summed E-state index contributed by atoms with van der Waals surface area (Å²) in [7, 11) is -2.04. The van der Waals surface area contributed by atoms with Gasteiger partial charge in [0.2, 0.25) is 0 Å². The smallest absolute Gasteiger partial charge is 0.310 e. The van der Waals surface area contributed by atoms with E-state index in [0.717, 1.165) is 0 Å². The van der Waals surface area contributed by atoms with Gasteiger partial charge >= 0.3 is 5.97 Å². The van der Waals surface area contributed by atoms with Crippen molar-refractivity contribution in [3.8, 4) is 0 Å². The fourth-order valence-electron chi connectivity index (χ4n) is 1.98. The van der Waals surface area contributed by atoms with Crippen LogP contribution in [-0.4, -0.2) is 58.7 Å². The van der Waals surface area contributed by atoms with Gasteiger partial charge < -0.3 is 9.47 Å². The maximum absolute atomic E-state index is 12.0. The van der Waals surface area contributed by atoms with E-state index in [9.17, 15) is 13.2 Å². The van der Waals surface area contributed by atoms with Gasteiger partial charge in [-0.05, 0) is 19.8 Å². The molecule has 0 radical (unpaired) electrons. The van der Waals surface area contributed by atoms with E-state index in [1.807, 2.05) is 0 Å². The van der Waals surface area contributed by atoms with Gasteiger partial charge in [0.1, 0.15) is 0 Å². The fraction of sp³-hybridized carbons (Fsp3) is 0.909. The van der Waals surface area contributed by atoms with Crippen LogP contribution in [0.3, 0.4) is 0 Å². The van der Waals surface area contributed by atoms with Crippen molar-refractivity contribution < 1.29 is 22.7 Å². The van der Waals surface area contributed by atoms with Crippen LogP contribution in [0.2, 0.25) is 0 Å². The van der Waals surface area contributed by atoms with Crippen LogP contribution in [0.1, 0.15) is 19.8 Å². The molecule has 0 spiro atoms. The molecular weight excluding hydrogens is 272 g/mol. The lowest BCUT2D eigenvalue weighted by atomic mass is 10.0. The highest BCUT2D eigenvalue weighted by molar-refractivity contribution is 7.87. The summed E-state index contributed by atoms with van der Waals surface area (Å²) in [5.41, 5.74) is 0. The fourth-order valence-corrected chi connectivity index (χ4v) is 3.25. The molecule has 0 unspecified atom stereocenters. The van der Waals surface area contributed by atoms with Crippen molar-refractivity contribution in [1.29, 1.82) is 0 Å². The lowest BCUT2D eigenvalue weighted by molar-refractivity contribution is -0.149. The summed E-state index contributed by atoms with van der Waals surface area (Å²) in [6, 6.07) is 0. The molecule has 8 heteroatoms. The number of nitrogens with zero attached hydrogens (tertiary/aromatic N) is 1. The number of carbonyl (C=O) groups excluding carboxylic acids is 1. The van der Waals surface area contributed by atoms with Crippen molar-refractivity contribution in [2.24, 2.45) is 5.92 Å². The molecule has 1 aliphatic heterocycles. The molecule has 1 aliphatic rings. The molecule has 1 N–H and O–H groups in total. The Labute approximate surface area is 114 Å². The van der Waals surface area contributed by atoms with Gasteiger partial charge in [0.15, 0.2) is 0 Å². The summed E-state index contributed by atoms with van der Waals surface area (Å²) in [5, 5.41) is 0. The third-order valence-electron chi connectivity index (χ3n) is 2.93. The zero-order valence-electron chi connectivity index (χ0n) is 11.4. The van der Waals surface area contributed by atoms with Crippen molar-refractivity contribution >= 4 is 16.2 Å². The highest BCUT2D eigenvalue weighted by Gasteiger charge is 2.32. The molecule has 1 rings (SSSR count). The largest absolute Gasteiger partial charge is 0.466 e. The van der Waals surface area contributed by atoms with Crippen LogP contribution < -0.4 is 4.72 Å². The molecule has 0 amide bonds. The third-order valence-corrected chi connectivity index (χ3v) is 4.52. The number of nitrogens with one attached hydrogen (secondary N) is 1. The van der Waals surface area contributed by atoms with Crippen LogP contribution in [0, 0.1) is 5.92 Å². The van der Waals surface area contributed by atoms with E-state index >= 15 is 0 Å². The molecule has 7 nitrogen and oxygen atoms in total. The first-order valence-electron chi connectivity index (χ1n) is 6.41. The van der Waals surface area contributed by atoms with Crippen LogP contribution in [0.4, 0.5) is 0 Å². The molecule has 0 bridgehead atoms. The average Bonchev–Trinajstić information content (AvgIpc) is 2.39. The van der Waals surface area contributed by atoms with Gasteiger partial charge in [-0.1, -0.05) is 0 Å². The Balaban J connectivity index is 2.55. The molecule has 19 heavy (non-hydrogen) atoms. The summed E-state index contributed by atoms with van der Waals surface area (Å²) in [6.45, 7) is 3.20. The van der Waals surface area contributed by atoms with Crippen molar-refractivity contribution in [2.75, 3.05) is 40.0 Å². The molecule has 1 atom stereocenters. The molecule has 0 saturated carbocycles. The van der Waals surface area contributed by atoms with Gasteiger partial charge in [0.05, 0.1) is 19.1 Å². The maximum Gasteiger partial charge on any atom is 0.310 e. The molecule has 1 heterocycles. The van der Waals surface area contributed by atoms with Gasteiger partial charge in [-0.15, -0.1) is 0 Å². The van der Waals surface area contributed by atoms with Crippen LogP contribution >= 0.6 is 0 Å². The third kappa shape index (κ3) is 5.06. The number of ether oxygens (including phenoxy) is 2. The first kappa shape index (κ1) is 16.4. The first-order chi connectivity index (χ1) is 9.01. The maximum atomic E-state index is 12.0. The standard InChI is InChI=1S/C11H22N2O5S/c1-3-18-11(14)10-5-4-7-13(9-10)19(15,16)12-6-8-17-2/h10,12H,3-9H2,1-2H3/t10-/m1/s1. The second-order valence-electron chi connectivity index (χ2n) is 4.34. The second kappa shape index (κ2) is 7.78. The Morgan fingerprint density at radius 1 is 1.47 bits per heavy atom. The van der Waals surface area contributed by atoms with Crippen LogP contribution in [0.5, 0.6) is 0 Å². The van der Waals surface area contributed by atoms with E-state index in [4.69, 9.17) is 9.47 Å². The summed E-state index contributed by atoms with van der Waals surface area (Å²) in [6.07, 6.45) is 1.33. The summed E-state index contributed by atoms with van der Waals surface area (Å²) < 4.78 is 37.5. The van der Waals surface area contributed by atoms with E-state index in [1.54, 1.807) is 6.92 Å². The minimum atomic E-state index is -3.54. The minimum absolute atomic E-state index is 0.182. The molecule has 0 aromatic rings. The van der Waals surface area contributed by atoms with E-state index < -0.39 is 10.2 Å². The molecule has 0 aromatic carbocycles. The number of hydrogen-bond donors (Lipinski definition) is 1. The van der Waals surface area contributed by atoms with Crippen LogP contribution in [-0.2, 0) is 24.5 Å². The van der Waals surface area contributed by atoms with Crippen molar-refractivity contribution in [3.63, 3.8) is 0 Å². The minimum Gasteiger partial charge on any atom is -0.466 e. The van der Waals surface area contributed by atoms with E-state index in [2.05, 4.69) is 4.72 Å². The average molecular weight is 294 g/mol. The van der Waals surface area contributed by atoms with E-state index in [1.165, 1.54) is 11.4 Å². The monoisotopic (exact) mass is 294 g/mol. The topological polar surface area (TPSA) is 84.9 Å². The highest BCUT2D eigenvalue weighted by Crippen LogP contribution is 2.19. The molecule has 1 fully saturated rings. The molecule has 1 saturated heterocycles. The van der Waals surface area contributed by atoms with Crippen molar-refractivity contribution in [2.45, 2.75) is 19.8 Å². The van der Waals surface area contributed by atoms with Gasteiger partial charge in [0.25, 0.3) is 10.2 Å². The van der Waals surface area contributed by atoms with Crippen molar-refractivity contribution in [1.82, 2.24) is 9.03 Å². The number of hydrogen-bond acceptors (Lipinski definition) is 5. The van der Waals surface area contributed by atoms with Crippen LogP contribution in [0.15, 0.2) is 0 Å². The summed E-state index contributed by atoms with van der Waals surface area (Å²) in [4.78, 5) is 11.6. The van der Waals surface area contributed by atoms with Gasteiger partial charge in [0, 0.05) is 26.7 Å². The molecule has 0 aliphatic carbocycles. The second-order valence-corrected chi connectivity index (χ2v) is 6.10. The number of rotatable bonds is 7. The molecule has 112 valence electrons. The normalized spacial score (nSPS) is 21.3. The van der Waals surface area contributed by atoms with Gasteiger partial charge in [-0.3, -0.25) is 4.79 Å². The van der Waals surface area contributed by atoms with Gasteiger partial charge in [-0.25, -0.2) is 0 Å². The summed E-state index contributed by atoms with van der Waals surface area (Å²) in [5.74, 6) is -0.688. The number of piperidine rings is 1. The Kier molecular flexibility index (Phi) is 6.70. The van der Waals surface area contributed by atoms with E-state index in [0.29, 0.717) is 32.6 Å². The first-order valence-corrected chi connectivity index (χ1v) is 7.85. The Morgan fingerprint density at radius 2 is 2.21 bits per heavy atom. The summed E-state index contributed by atoms with van der Waals surface area (Å²) >= 11 is 0. The molecular formula is C11H22N2O5S. The SMILES string of the molecule is CCOC(=O)[C@@H]1CCCN(S(=O)(=O)NCCOC)C1. The quantitative estimate of drug-likeness (QED) is 0.516. The van der Waals surface area contributed by atoms with Crippen molar-refractivity contribution in [3.05, 3.63) is 0 Å². The highest BCUT2D eigenvalue weighted by atomic mass is 32.2. The lowest BCUT2D eigenvalue weighted by Crippen LogP contribution is -2.48. The molecule has 0 aromatic heterocycles.